The summed E-state index contributed by atoms with van der Waals surface area (Å²) < 4.78 is 0. The summed E-state index contributed by atoms with van der Waals surface area (Å²) in [5, 5.41) is 4.45. The zero-order valence-electron chi connectivity index (χ0n) is 21.2. The molecule has 7 heteroatoms. The van der Waals surface area contributed by atoms with Crippen molar-refractivity contribution in [2.75, 3.05) is 30.4 Å². The van der Waals surface area contributed by atoms with Crippen LogP contribution in [0.25, 0.3) is 10.2 Å². The van der Waals surface area contributed by atoms with Gasteiger partial charge in [0.15, 0.2) is 0 Å². The molecule has 0 spiro atoms. The molecule has 2 aromatic heterocycles. The summed E-state index contributed by atoms with van der Waals surface area (Å²) in [4.78, 5) is 29.5. The summed E-state index contributed by atoms with van der Waals surface area (Å²) in [6.45, 7) is 6.86. The maximum atomic E-state index is 13.3. The van der Waals surface area contributed by atoms with Crippen molar-refractivity contribution in [3.05, 3.63) is 46.6 Å². The van der Waals surface area contributed by atoms with Crippen molar-refractivity contribution in [3.8, 4) is 0 Å². The van der Waals surface area contributed by atoms with Gasteiger partial charge in [0, 0.05) is 42.2 Å². The predicted molar refractivity (Wildman–Crippen MR) is 145 cm³/mol. The number of anilines is 2. The molecule has 2 aliphatic rings. The van der Waals surface area contributed by atoms with Crippen LogP contribution in [0.3, 0.4) is 0 Å². The lowest BCUT2D eigenvalue weighted by atomic mass is 9.94. The van der Waals surface area contributed by atoms with Crippen LogP contribution in [0.5, 0.6) is 0 Å². The van der Waals surface area contributed by atoms with Crippen molar-refractivity contribution in [3.63, 3.8) is 0 Å². The normalized spacial score (nSPS) is 17.9. The van der Waals surface area contributed by atoms with E-state index in [9.17, 15) is 4.79 Å². The Balaban J connectivity index is 1.22. The number of nitrogens with one attached hydrogen (secondary N) is 1. The van der Waals surface area contributed by atoms with E-state index in [1.165, 1.54) is 53.5 Å². The molecule has 6 nitrogen and oxygen atoms in total. The molecule has 3 aromatic rings. The number of fused-ring (bicyclic) bond motifs is 1. The summed E-state index contributed by atoms with van der Waals surface area (Å²) in [6, 6.07) is 8.96. The highest BCUT2D eigenvalue weighted by molar-refractivity contribution is 7.18. The Hall–Kier alpha value is -2.51. The van der Waals surface area contributed by atoms with Gasteiger partial charge in [-0.15, -0.1) is 11.3 Å². The highest BCUT2D eigenvalue weighted by Gasteiger charge is 2.28. The predicted octanol–water partition coefficient (Wildman–Crippen LogP) is 5.93. The molecule has 0 radical (unpaired) electrons. The monoisotopic (exact) mass is 491 g/mol. The molecule has 1 aromatic carbocycles. The molecule has 2 fully saturated rings. The third kappa shape index (κ3) is 5.21. The number of hydrogen-bond acceptors (Lipinski definition) is 6. The van der Waals surface area contributed by atoms with Gasteiger partial charge in [0.1, 0.15) is 17.0 Å². The van der Waals surface area contributed by atoms with Gasteiger partial charge in [-0.3, -0.25) is 9.69 Å². The van der Waals surface area contributed by atoms with Crippen LogP contribution in [0.2, 0.25) is 0 Å². The molecule has 0 atom stereocenters. The van der Waals surface area contributed by atoms with Crippen LogP contribution in [0, 0.1) is 19.8 Å². The first-order valence-electron chi connectivity index (χ1n) is 13.1. The summed E-state index contributed by atoms with van der Waals surface area (Å²) >= 11 is 1.73. The fourth-order valence-electron chi connectivity index (χ4n) is 5.69. The van der Waals surface area contributed by atoms with Gasteiger partial charge in [0.05, 0.1) is 5.39 Å². The fourth-order valence-corrected chi connectivity index (χ4v) is 6.68. The van der Waals surface area contributed by atoms with Crippen LogP contribution in [-0.4, -0.2) is 47.0 Å². The van der Waals surface area contributed by atoms with Crippen molar-refractivity contribution in [1.82, 2.24) is 14.9 Å². The van der Waals surface area contributed by atoms with Gasteiger partial charge in [0.2, 0.25) is 5.91 Å². The summed E-state index contributed by atoms with van der Waals surface area (Å²) in [7, 11) is 2.23. The SMILES string of the molecule is Cc1sc2ncnc(N3CCC(C(=O)Nc4ccccc4CN(C)C4CCCCC4)CC3)c2c1C. The average molecular weight is 492 g/mol. The van der Waals surface area contributed by atoms with Gasteiger partial charge in [-0.05, 0) is 63.8 Å². The largest absolute Gasteiger partial charge is 0.356 e. The minimum absolute atomic E-state index is 0.0259. The number of nitrogens with zero attached hydrogens (tertiary/aromatic N) is 4. The van der Waals surface area contributed by atoms with E-state index >= 15 is 0 Å². The zero-order chi connectivity index (χ0) is 24.4. The molecule has 3 heterocycles. The molecule has 0 unspecified atom stereocenters. The Morgan fingerprint density at radius 2 is 1.83 bits per heavy atom. The van der Waals surface area contributed by atoms with E-state index in [2.05, 4.69) is 64.2 Å². The van der Waals surface area contributed by atoms with E-state index < -0.39 is 0 Å². The van der Waals surface area contributed by atoms with E-state index in [-0.39, 0.29) is 11.8 Å². The topological polar surface area (TPSA) is 61.4 Å². The van der Waals surface area contributed by atoms with Crippen molar-refractivity contribution in [2.45, 2.75) is 71.4 Å². The van der Waals surface area contributed by atoms with Crippen molar-refractivity contribution >= 4 is 39.0 Å². The summed E-state index contributed by atoms with van der Waals surface area (Å²) in [6.07, 6.45) is 9.95. The number of thiophene rings is 1. The van der Waals surface area contributed by atoms with E-state index in [4.69, 9.17) is 0 Å². The lowest BCUT2D eigenvalue weighted by Crippen LogP contribution is -2.39. The Labute approximate surface area is 212 Å². The second-order valence-electron chi connectivity index (χ2n) is 10.3. The average Bonchev–Trinajstić information content (AvgIpc) is 3.19. The Morgan fingerprint density at radius 3 is 2.60 bits per heavy atom. The number of rotatable bonds is 6. The van der Waals surface area contributed by atoms with Gasteiger partial charge in [-0.25, -0.2) is 9.97 Å². The molecule has 1 saturated carbocycles. The molecule has 1 saturated heterocycles. The lowest BCUT2D eigenvalue weighted by molar-refractivity contribution is -0.120. The van der Waals surface area contributed by atoms with Crippen molar-refractivity contribution in [1.29, 1.82) is 0 Å². The lowest BCUT2D eigenvalue weighted by Gasteiger charge is -2.33. The van der Waals surface area contributed by atoms with E-state index in [1.54, 1.807) is 17.7 Å². The zero-order valence-corrected chi connectivity index (χ0v) is 22.0. The maximum absolute atomic E-state index is 13.3. The van der Waals surface area contributed by atoms with Crippen LogP contribution >= 0.6 is 11.3 Å². The van der Waals surface area contributed by atoms with Gasteiger partial charge in [-0.2, -0.15) is 0 Å². The minimum Gasteiger partial charge on any atom is -0.356 e. The Morgan fingerprint density at radius 1 is 1.09 bits per heavy atom. The molecule has 35 heavy (non-hydrogen) atoms. The molecule has 5 rings (SSSR count). The third-order valence-corrected chi connectivity index (χ3v) is 9.12. The molecular weight excluding hydrogens is 454 g/mol. The number of piperidine rings is 1. The van der Waals surface area contributed by atoms with Gasteiger partial charge >= 0.3 is 0 Å². The second kappa shape index (κ2) is 10.6. The Kier molecular flexibility index (Phi) is 7.35. The number of carbonyl (C=O) groups is 1. The smallest absolute Gasteiger partial charge is 0.227 e. The summed E-state index contributed by atoms with van der Waals surface area (Å²) in [5.74, 6) is 1.19. The van der Waals surface area contributed by atoms with Crippen LogP contribution in [0.1, 0.15) is 60.9 Å². The minimum atomic E-state index is 0.0259. The summed E-state index contributed by atoms with van der Waals surface area (Å²) in [5.41, 5.74) is 3.44. The van der Waals surface area contributed by atoms with Crippen LogP contribution < -0.4 is 10.2 Å². The van der Waals surface area contributed by atoms with Crippen molar-refractivity contribution < 1.29 is 4.79 Å². The standard InChI is InChI=1S/C28H37N5OS/c1-19-20(2)35-28-25(19)26(29-18-30-28)33-15-13-21(14-16-33)27(34)31-24-12-8-7-9-22(24)17-32(3)23-10-5-4-6-11-23/h7-9,12,18,21,23H,4-6,10-11,13-17H2,1-3H3,(H,31,34). The van der Waals surface area contributed by atoms with E-state index in [0.717, 1.165) is 48.8 Å². The first-order valence-corrected chi connectivity index (χ1v) is 13.9. The van der Waals surface area contributed by atoms with Gasteiger partial charge in [0.25, 0.3) is 0 Å². The number of para-hydroxylation sites is 1. The number of amides is 1. The van der Waals surface area contributed by atoms with Crippen LogP contribution in [0.4, 0.5) is 11.5 Å². The molecule has 1 amide bonds. The molecule has 0 bridgehead atoms. The third-order valence-electron chi connectivity index (χ3n) is 8.00. The highest BCUT2D eigenvalue weighted by Crippen LogP contribution is 2.36. The Bertz CT molecular complexity index is 1180. The number of carbonyl (C=O) groups excluding carboxylic acids is 1. The molecular formula is C28H37N5OS. The second-order valence-corrected chi connectivity index (χ2v) is 11.5. The molecule has 1 aliphatic heterocycles. The number of aromatic nitrogens is 2. The first-order chi connectivity index (χ1) is 17.0. The fraction of sp³-hybridized carbons (Fsp3) is 0.536. The molecule has 1 aliphatic carbocycles. The quantitative estimate of drug-likeness (QED) is 0.463. The van der Waals surface area contributed by atoms with Gasteiger partial charge in [-0.1, -0.05) is 37.5 Å². The number of benzene rings is 1. The van der Waals surface area contributed by atoms with Crippen LogP contribution in [0.15, 0.2) is 30.6 Å². The number of aryl methyl sites for hydroxylation is 2. The van der Waals surface area contributed by atoms with E-state index in [0.29, 0.717) is 6.04 Å². The van der Waals surface area contributed by atoms with Gasteiger partial charge < -0.3 is 10.2 Å². The highest BCUT2D eigenvalue weighted by atomic mass is 32.1. The first kappa shape index (κ1) is 24.2. The maximum Gasteiger partial charge on any atom is 0.227 e. The molecule has 186 valence electrons. The van der Waals surface area contributed by atoms with Crippen molar-refractivity contribution in [2.24, 2.45) is 5.92 Å². The van der Waals surface area contributed by atoms with Crippen LogP contribution in [-0.2, 0) is 11.3 Å². The van der Waals surface area contributed by atoms with E-state index in [1.807, 2.05) is 6.07 Å². The molecule has 1 N–H and O–H groups in total. The number of hydrogen-bond donors (Lipinski definition) is 1.